The van der Waals surface area contributed by atoms with Crippen LogP contribution in [-0.2, 0) is 0 Å². The molecule has 0 radical (unpaired) electrons. The molecule has 0 spiro atoms. The zero-order valence-electron chi connectivity index (χ0n) is 7.98. The first-order valence-corrected chi connectivity index (χ1v) is 4.35. The quantitative estimate of drug-likeness (QED) is 0.566. The lowest BCUT2D eigenvalue weighted by Crippen LogP contribution is -2.06. The average Bonchev–Trinajstić information content (AvgIpc) is 2.20. The van der Waals surface area contributed by atoms with Crippen LogP contribution in [0.5, 0.6) is 5.75 Å². The molecule has 1 N–H and O–H groups in total. The number of carbonyl (C=O) groups excluding carboxylic acids is 1. The number of hydrogen-bond donors (Lipinski definition) is 1. The molecule has 4 nitrogen and oxygen atoms in total. The number of aryl methyl sites for hydroxylation is 1. The van der Waals surface area contributed by atoms with Gasteiger partial charge in [-0.25, -0.2) is 4.79 Å². The van der Waals surface area contributed by atoms with Gasteiger partial charge in [0.05, 0.1) is 5.39 Å². The second-order valence-corrected chi connectivity index (χ2v) is 3.22. The Morgan fingerprint density at radius 2 is 2.13 bits per heavy atom. The zero-order chi connectivity index (χ0) is 11.0. The van der Waals surface area contributed by atoms with Crippen LogP contribution in [0, 0.1) is 6.92 Å². The van der Waals surface area contributed by atoms with Crippen molar-refractivity contribution in [1.29, 1.82) is 0 Å². The minimum atomic E-state index is -0.815. The topological polar surface area (TPSA) is 67.5 Å². The van der Waals surface area contributed by atoms with E-state index in [1.807, 2.05) is 0 Å². The summed E-state index contributed by atoms with van der Waals surface area (Å²) >= 11 is 0. The van der Waals surface area contributed by atoms with Crippen molar-refractivity contribution in [2.75, 3.05) is 0 Å². The molecule has 1 aromatic heterocycles. The molecular weight excluding hydrogens is 196 g/mol. The average molecular weight is 204 g/mol. The van der Waals surface area contributed by atoms with Crippen molar-refractivity contribution < 1.29 is 14.3 Å². The van der Waals surface area contributed by atoms with Crippen molar-refractivity contribution in [2.45, 2.75) is 6.92 Å². The first-order valence-electron chi connectivity index (χ1n) is 4.35. The molecule has 0 bridgehead atoms. The van der Waals surface area contributed by atoms with Gasteiger partial charge >= 0.3 is 5.63 Å². The standard InChI is InChI=1S/C11H8O4/c1-6-3-2-4-7-9(13)8(5-12)11(14)15-10(6)7/h2-5,13H,1H3. The normalized spacial score (nSPS) is 10.5. The van der Waals surface area contributed by atoms with Crippen molar-refractivity contribution in [1.82, 2.24) is 0 Å². The highest BCUT2D eigenvalue weighted by atomic mass is 16.4. The second kappa shape index (κ2) is 3.24. The number of hydrogen-bond acceptors (Lipinski definition) is 4. The molecule has 4 heteroatoms. The number of carbonyl (C=O) groups is 1. The number of aromatic hydroxyl groups is 1. The van der Waals surface area contributed by atoms with Crippen LogP contribution < -0.4 is 5.63 Å². The number of benzene rings is 1. The minimum absolute atomic E-state index is 0.295. The van der Waals surface area contributed by atoms with Gasteiger partial charge in [-0.2, -0.15) is 0 Å². The Morgan fingerprint density at radius 1 is 1.40 bits per heavy atom. The van der Waals surface area contributed by atoms with Gasteiger partial charge in [-0.1, -0.05) is 12.1 Å². The van der Waals surface area contributed by atoms with Crippen LogP contribution in [0.25, 0.3) is 11.0 Å². The maximum atomic E-state index is 11.3. The van der Waals surface area contributed by atoms with Gasteiger partial charge in [0.15, 0.2) is 6.29 Å². The van der Waals surface area contributed by atoms with E-state index in [9.17, 15) is 14.7 Å². The summed E-state index contributed by atoms with van der Waals surface area (Å²) in [5, 5.41) is 10.0. The SMILES string of the molecule is Cc1cccc2c(O)c(C=O)c(=O)oc12. The Morgan fingerprint density at radius 3 is 2.80 bits per heavy atom. The summed E-state index contributed by atoms with van der Waals surface area (Å²) in [6.07, 6.45) is 0.295. The predicted octanol–water partition coefficient (Wildman–Crippen LogP) is 1.62. The van der Waals surface area contributed by atoms with Crippen molar-refractivity contribution >= 4 is 17.3 Å². The highest BCUT2D eigenvalue weighted by molar-refractivity contribution is 5.92. The Kier molecular flexibility index (Phi) is 2.04. The summed E-state index contributed by atoms with van der Waals surface area (Å²) < 4.78 is 4.95. The van der Waals surface area contributed by atoms with E-state index in [1.54, 1.807) is 25.1 Å². The molecule has 15 heavy (non-hydrogen) atoms. The second-order valence-electron chi connectivity index (χ2n) is 3.22. The molecule has 0 aliphatic heterocycles. The fraction of sp³-hybridized carbons (Fsp3) is 0.0909. The molecule has 76 valence electrons. The van der Waals surface area contributed by atoms with E-state index in [2.05, 4.69) is 0 Å². The first kappa shape index (κ1) is 9.45. The van der Waals surface area contributed by atoms with Gasteiger partial charge in [-0.05, 0) is 18.6 Å². The van der Waals surface area contributed by atoms with Crippen LogP contribution in [0.15, 0.2) is 27.4 Å². The van der Waals surface area contributed by atoms with Crippen molar-refractivity contribution in [2.24, 2.45) is 0 Å². The fourth-order valence-electron chi connectivity index (χ4n) is 1.47. The monoisotopic (exact) mass is 204 g/mol. The predicted molar refractivity (Wildman–Crippen MR) is 54.3 cm³/mol. The van der Waals surface area contributed by atoms with E-state index in [-0.39, 0.29) is 11.3 Å². The highest BCUT2D eigenvalue weighted by Gasteiger charge is 2.13. The Balaban J connectivity index is 3.04. The van der Waals surface area contributed by atoms with E-state index < -0.39 is 5.63 Å². The molecule has 0 saturated heterocycles. The molecule has 0 amide bonds. The lowest BCUT2D eigenvalue weighted by molar-refractivity contribution is 0.111. The molecule has 0 fully saturated rings. The summed E-state index contributed by atoms with van der Waals surface area (Å²) in [6.45, 7) is 1.76. The molecule has 2 rings (SSSR count). The van der Waals surface area contributed by atoms with E-state index in [0.29, 0.717) is 17.3 Å². The maximum absolute atomic E-state index is 11.3. The zero-order valence-corrected chi connectivity index (χ0v) is 7.98. The van der Waals surface area contributed by atoms with Gasteiger partial charge in [-0.3, -0.25) is 4.79 Å². The van der Waals surface area contributed by atoms with Gasteiger partial charge in [0.25, 0.3) is 0 Å². The van der Waals surface area contributed by atoms with E-state index >= 15 is 0 Å². The molecule has 0 aliphatic rings. The van der Waals surface area contributed by atoms with Crippen LogP contribution in [0.4, 0.5) is 0 Å². The lowest BCUT2D eigenvalue weighted by atomic mass is 10.1. The Labute approximate surface area is 84.8 Å². The molecular formula is C11H8O4. The maximum Gasteiger partial charge on any atom is 0.350 e. The molecule has 1 heterocycles. The van der Waals surface area contributed by atoms with Crippen LogP contribution in [0.1, 0.15) is 15.9 Å². The smallest absolute Gasteiger partial charge is 0.350 e. The van der Waals surface area contributed by atoms with Crippen LogP contribution in [-0.4, -0.2) is 11.4 Å². The minimum Gasteiger partial charge on any atom is -0.506 e. The number of aldehydes is 1. The molecule has 0 unspecified atom stereocenters. The number of fused-ring (bicyclic) bond motifs is 1. The lowest BCUT2D eigenvalue weighted by Gasteiger charge is -2.03. The van der Waals surface area contributed by atoms with Crippen LogP contribution in [0.3, 0.4) is 0 Å². The number of para-hydroxylation sites is 1. The Bertz CT molecular complexity index is 595. The molecule has 0 aliphatic carbocycles. The van der Waals surface area contributed by atoms with E-state index in [1.165, 1.54) is 0 Å². The summed E-state index contributed by atoms with van der Waals surface area (Å²) in [4.78, 5) is 21.8. The first-order chi connectivity index (χ1) is 7.15. The van der Waals surface area contributed by atoms with Gasteiger partial charge < -0.3 is 9.52 Å². The highest BCUT2D eigenvalue weighted by Crippen LogP contribution is 2.26. The summed E-state index contributed by atoms with van der Waals surface area (Å²) in [6, 6.07) is 5.06. The van der Waals surface area contributed by atoms with Crippen molar-refractivity contribution in [3.05, 3.63) is 39.7 Å². The summed E-state index contributed by atoms with van der Waals surface area (Å²) in [5.74, 6) is -0.319. The fourth-order valence-corrected chi connectivity index (χ4v) is 1.47. The van der Waals surface area contributed by atoms with Gasteiger partial charge in [0, 0.05) is 0 Å². The van der Waals surface area contributed by atoms with E-state index in [4.69, 9.17) is 4.42 Å². The summed E-state index contributed by atoms with van der Waals surface area (Å²) in [7, 11) is 0. The third-order valence-corrected chi connectivity index (χ3v) is 2.25. The third-order valence-electron chi connectivity index (χ3n) is 2.25. The van der Waals surface area contributed by atoms with Gasteiger partial charge in [-0.15, -0.1) is 0 Å². The number of rotatable bonds is 1. The third kappa shape index (κ3) is 1.30. The summed E-state index contributed by atoms with van der Waals surface area (Å²) in [5.41, 5.74) is -0.111. The van der Waals surface area contributed by atoms with Crippen LogP contribution in [0.2, 0.25) is 0 Å². The molecule has 2 aromatic rings. The van der Waals surface area contributed by atoms with E-state index in [0.717, 1.165) is 5.56 Å². The van der Waals surface area contributed by atoms with Crippen LogP contribution >= 0.6 is 0 Å². The van der Waals surface area contributed by atoms with Gasteiger partial charge in [0.1, 0.15) is 16.9 Å². The van der Waals surface area contributed by atoms with Crippen molar-refractivity contribution in [3.63, 3.8) is 0 Å². The largest absolute Gasteiger partial charge is 0.506 e. The molecule has 0 saturated carbocycles. The molecule has 1 aromatic carbocycles. The molecule has 0 atom stereocenters. The van der Waals surface area contributed by atoms with Crippen molar-refractivity contribution in [3.8, 4) is 5.75 Å². The van der Waals surface area contributed by atoms with Gasteiger partial charge in [0.2, 0.25) is 0 Å². The Hall–Kier alpha value is -2.10.